The average molecular weight is 242 g/mol. The molecule has 0 unspecified atom stereocenters. The molecule has 0 aliphatic carbocycles. The van der Waals surface area contributed by atoms with E-state index in [0.717, 1.165) is 42.5 Å². The summed E-state index contributed by atoms with van der Waals surface area (Å²) in [7, 11) is 0. The van der Waals surface area contributed by atoms with Crippen LogP contribution in [-0.2, 0) is 19.4 Å². The molecule has 0 atom stereocenters. The second-order valence-electron chi connectivity index (χ2n) is 5.54. The van der Waals surface area contributed by atoms with Crippen molar-refractivity contribution in [3.05, 3.63) is 39.9 Å². The van der Waals surface area contributed by atoms with Crippen LogP contribution < -0.4 is 5.56 Å². The van der Waals surface area contributed by atoms with E-state index < -0.39 is 0 Å². The highest BCUT2D eigenvalue weighted by atomic mass is 16.1. The number of aromatic nitrogens is 2. The zero-order chi connectivity index (χ0) is 12.7. The molecule has 1 aliphatic rings. The van der Waals surface area contributed by atoms with E-state index in [4.69, 9.17) is 0 Å². The molecule has 0 saturated heterocycles. The van der Waals surface area contributed by atoms with Gasteiger partial charge in [-0.05, 0) is 36.5 Å². The monoisotopic (exact) mass is 242 g/mol. The van der Waals surface area contributed by atoms with Gasteiger partial charge in [-0.15, -0.1) is 0 Å². The summed E-state index contributed by atoms with van der Waals surface area (Å²) >= 11 is 0. The molecule has 0 bridgehead atoms. The van der Waals surface area contributed by atoms with Crippen LogP contribution in [-0.4, -0.2) is 9.55 Å². The minimum atomic E-state index is 0.137. The second kappa shape index (κ2) is 4.23. The Morgan fingerprint density at radius 3 is 3.00 bits per heavy atom. The maximum atomic E-state index is 12.4. The van der Waals surface area contributed by atoms with E-state index in [1.165, 1.54) is 5.56 Å². The van der Waals surface area contributed by atoms with E-state index in [-0.39, 0.29) is 5.56 Å². The normalized spacial score (nSPS) is 14.4. The van der Waals surface area contributed by atoms with E-state index in [1.807, 2.05) is 16.7 Å². The lowest BCUT2D eigenvalue weighted by molar-refractivity contribution is 0.647. The molecule has 1 aliphatic heterocycles. The molecule has 3 rings (SSSR count). The highest BCUT2D eigenvalue weighted by Gasteiger charge is 2.16. The summed E-state index contributed by atoms with van der Waals surface area (Å²) in [5.74, 6) is 1.55. The van der Waals surface area contributed by atoms with Gasteiger partial charge in [0.25, 0.3) is 5.56 Å². The third-order valence-corrected chi connectivity index (χ3v) is 3.52. The Morgan fingerprint density at radius 2 is 2.22 bits per heavy atom. The van der Waals surface area contributed by atoms with Crippen molar-refractivity contribution in [2.24, 2.45) is 5.92 Å². The van der Waals surface area contributed by atoms with Gasteiger partial charge in [-0.1, -0.05) is 19.9 Å². The van der Waals surface area contributed by atoms with Crippen LogP contribution in [0.3, 0.4) is 0 Å². The van der Waals surface area contributed by atoms with Crippen molar-refractivity contribution in [1.29, 1.82) is 0 Å². The van der Waals surface area contributed by atoms with E-state index >= 15 is 0 Å². The molecule has 2 aromatic rings. The molecule has 2 heterocycles. The van der Waals surface area contributed by atoms with Crippen LogP contribution in [0, 0.1) is 5.92 Å². The summed E-state index contributed by atoms with van der Waals surface area (Å²) in [5, 5.41) is 0.777. The quantitative estimate of drug-likeness (QED) is 0.811. The molecule has 0 amide bonds. The summed E-state index contributed by atoms with van der Waals surface area (Å²) in [6.07, 6.45) is 2.98. The van der Waals surface area contributed by atoms with Gasteiger partial charge in [0, 0.05) is 13.0 Å². The highest BCUT2D eigenvalue weighted by molar-refractivity contribution is 5.78. The first-order valence-electron chi connectivity index (χ1n) is 6.67. The van der Waals surface area contributed by atoms with Gasteiger partial charge in [0.05, 0.1) is 10.9 Å². The Kier molecular flexibility index (Phi) is 2.69. The van der Waals surface area contributed by atoms with Crippen LogP contribution in [0.2, 0.25) is 0 Å². The van der Waals surface area contributed by atoms with Gasteiger partial charge in [0.1, 0.15) is 5.82 Å². The highest BCUT2D eigenvalue weighted by Crippen LogP contribution is 2.17. The van der Waals surface area contributed by atoms with Crippen molar-refractivity contribution < 1.29 is 0 Å². The zero-order valence-electron chi connectivity index (χ0n) is 10.9. The van der Waals surface area contributed by atoms with Crippen LogP contribution >= 0.6 is 0 Å². The molecule has 0 fully saturated rings. The zero-order valence-corrected chi connectivity index (χ0v) is 10.9. The molecule has 94 valence electrons. The summed E-state index contributed by atoms with van der Waals surface area (Å²) in [6.45, 7) is 5.21. The van der Waals surface area contributed by atoms with Crippen LogP contribution in [0.25, 0.3) is 10.9 Å². The van der Waals surface area contributed by atoms with Gasteiger partial charge in [-0.2, -0.15) is 0 Å². The predicted octanol–water partition coefficient (Wildman–Crippen LogP) is 2.54. The number of benzene rings is 1. The third-order valence-electron chi connectivity index (χ3n) is 3.52. The van der Waals surface area contributed by atoms with E-state index in [1.54, 1.807) is 0 Å². The first-order valence-corrected chi connectivity index (χ1v) is 6.67. The third kappa shape index (κ3) is 1.84. The molecule has 18 heavy (non-hydrogen) atoms. The van der Waals surface area contributed by atoms with Gasteiger partial charge >= 0.3 is 0 Å². The van der Waals surface area contributed by atoms with Crippen molar-refractivity contribution in [3.8, 4) is 0 Å². The van der Waals surface area contributed by atoms with Gasteiger partial charge in [-0.3, -0.25) is 9.36 Å². The van der Waals surface area contributed by atoms with Gasteiger partial charge in [0.15, 0.2) is 0 Å². The molecule has 3 heteroatoms. The Hall–Kier alpha value is -1.64. The SMILES string of the molecule is CC(C)Cc1ccc2nc3n(c(=O)c2c1)CCC3. The van der Waals surface area contributed by atoms with E-state index in [9.17, 15) is 4.79 Å². The van der Waals surface area contributed by atoms with Crippen LogP contribution in [0.15, 0.2) is 23.0 Å². The maximum absolute atomic E-state index is 12.4. The fourth-order valence-corrected chi connectivity index (χ4v) is 2.73. The average Bonchev–Trinajstić information content (AvgIpc) is 2.78. The Morgan fingerprint density at radius 1 is 1.39 bits per heavy atom. The number of hydrogen-bond acceptors (Lipinski definition) is 2. The molecule has 0 radical (unpaired) electrons. The summed E-state index contributed by atoms with van der Waals surface area (Å²) in [4.78, 5) is 17.0. The van der Waals surface area contributed by atoms with Crippen molar-refractivity contribution >= 4 is 10.9 Å². The van der Waals surface area contributed by atoms with Crippen LogP contribution in [0.4, 0.5) is 0 Å². The van der Waals surface area contributed by atoms with Crippen LogP contribution in [0.5, 0.6) is 0 Å². The number of hydrogen-bond donors (Lipinski definition) is 0. The molecule has 0 N–H and O–H groups in total. The Labute approximate surface area is 106 Å². The molecule has 0 spiro atoms. The topological polar surface area (TPSA) is 34.9 Å². The van der Waals surface area contributed by atoms with E-state index in [2.05, 4.69) is 24.9 Å². The number of rotatable bonds is 2. The predicted molar refractivity (Wildman–Crippen MR) is 72.9 cm³/mol. The summed E-state index contributed by atoms with van der Waals surface area (Å²) < 4.78 is 1.83. The Bertz CT molecular complexity index is 655. The lowest BCUT2D eigenvalue weighted by Crippen LogP contribution is -2.21. The van der Waals surface area contributed by atoms with Crippen LogP contribution in [0.1, 0.15) is 31.7 Å². The standard InChI is InChI=1S/C15H18N2O/c1-10(2)8-11-5-6-13-12(9-11)15(18)17-7-3-4-14(17)16-13/h5-6,9-10H,3-4,7-8H2,1-2H3. The lowest BCUT2D eigenvalue weighted by atomic mass is 10.0. The molecule has 3 nitrogen and oxygen atoms in total. The molecular formula is C15H18N2O. The molecule has 1 aromatic carbocycles. The van der Waals surface area contributed by atoms with Crippen molar-refractivity contribution in [2.45, 2.75) is 39.7 Å². The summed E-state index contributed by atoms with van der Waals surface area (Å²) in [5.41, 5.74) is 2.22. The number of nitrogens with zero attached hydrogens (tertiary/aromatic N) is 2. The fraction of sp³-hybridized carbons (Fsp3) is 0.467. The van der Waals surface area contributed by atoms with Crippen molar-refractivity contribution in [1.82, 2.24) is 9.55 Å². The van der Waals surface area contributed by atoms with E-state index in [0.29, 0.717) is 5.92 Å². The van der Waals surface area contributed by atoms with Gasteiger partial charge in [-0.25, -0.2) is 4.98 Å². The second-order valence-corrected chi connectivity index (χ2v) is 5.54. The molecular weight excluding hydrogens is 224 g/mol. The number of fused-ring (bicyclic) bond motifs is 2. The van der Waals surface area contributed by atoms with Gasteiger partial charge < -0.3 is 0 Å². The minimum absolute atomic E-state index is 0.137. The Balaban J connectivity index is 2.19. The molecule has 1 aromatic heterocycles. The first kappa shape index (κ1) is 11.5. The lowest BCUT2D eigenvalue weighted by Gasteiger charge is -2.08. The van der Waals surface area contributed by atoms with Crippen molar-refractivity contribution in [2.75, 3.05) is 0 Å². The minimum Gasteiger partial charge on any atom is -0.296 e. The number of aryl methyl sites for hydroxylation is 1. The largest absolute Gasteiger partial charge is 0.296 e. The smallest absolute Gasteiger partial charge is 0.261 e. The fourth-order valence-electron chi connectivity index (χ4n) is 2.73. The molecule has 0 saturated carbocycles. The van der Waals surface area contributed by atoms with Crippen molar-refractivity contribution in [3.63, 3.8) is 0 Å². The van der Waals surface area contributed by atoms with Gasteiger partial charge in [0.2, 0.25) is 0 Å². The maximum Gasteiger partial charge on any atom is 0.261 e. The summed E-state index contributed by atoms with van der Waals surface area (Å²) in [6, 6.07) is 6.12. The first-order chi connectivity index (χ1) is 8.65.